The van der Waals surface area contributed by atoms with Crippen molar-refractivity contribution in [2.45, 2.75) is 51.4 Å². The van der Waals surface area contributed by atoms with Crippen LogP contribution >= 0.6 is 0 Å². The number of benzene rings is 1. The van der Waals surface area contributed by atoms with Crippen LogP contribution in [0.3, 0.4) is 0 Å². The topological polar surface area (TPSA) is 74.2 Å². The number of urea groups is 1. The Morgan fingerprint density at radius 2 is 2.08 bits per heavy atom. The number of H-pyrrole nitrogens is 1. The summed E-state index contributed by atoms with van der Waals surface area (Å²) in [7, 11) is 0. The molecule has 1 fully saturated rings. The standard InChI is InChI=1S/C20H30N4O/c1-2-3-4-5-10-24-11-8-15(9-12-24)18-14-22-19-7-6-16(13-17(18)19)23-20(21)25/h6-7,13-15,22H,2-5,8-12H2,1H3,(H3,21,23,25). The number of carbonyl (C=O) groups excluding carboxylic acids is 1. The molecular formula is C20H30N4O. The van der Waals surface area contributed by atoms with Crippen molar-refractivity contribution in [1.82, 2.24) is 9.88 Å². The van der Waals surface area contributed by atoms with Crippen LogP contribution in [0, 0.1) is 0 Å². The summed E-state index contributed by atoms with van der Waals surface area (Å²) in [5, 5.41) is 3.88. The number of carbonyl (C=O) groups is 1. The fraction of sp³-hybridized carbons (Fsp3) is 0.550. The first-order valence-electron chi connectivity index (χ1n) is 9.57. The Morgan fingerprint density at radius 3 is 2.80 bits per heavy atom. The molecular weight excluding hydrogens is 312 g/mol. The van der Waals surface area contributed by atoms with Crippen molar-refractivity contribution < 1.29 is 4.79 Å². The number of nitrogens with two attached hydrogens (primary N) is 1. The Bertz CT molecular complexity index is 701. The molecule has 1 saturated heterocycles. The third kappa shape index (κ3) is 4.54. The predicted octanol–water partition coefficient (Wildman–Crippen LogP) is 4.42. The molecule has 2 amide bonds. The summed E-state index contributed by atoms with van der Waals surface area (Å²) in [6.45, 7) is 5.87. The van der Waals surface area contributed by atoms with Gasteiger partial charge in [-0.2, -0.15) is 0 Å². The van der Waals surface area contributed by atoms with E-state index in [4.69, 9.17) is 5.73 Å². The molecule has 0 saturated carbocycles. The Labute approximate surface area is 150 Å². The Morgan fingerprint density at radius 1 is 1.28 bits per heavy atom. The maximum atomic E-state index is 11.1. The molecule has 5 nitrogen and oxygen atoms in total. The van der Waals surface area contributed by atoms with Crippen LogP contribution in [0.4, 0.5) is 10.5 Å². The summed E-state index contributed by atoms with van der Waals surface area (Å²) < 4.78 is 0. The molecule has 0 aliphatic carbocycles. The minimum absolute atomic E-state index is 0.521. The van der Waals surface area contributed by atoms with Crippen molar-refractivity contribution in [3.63, 3.8) is 0 Å². The fourth-order valence-corrected chi connectivity index (χ4v) is 3.93. The van der Waals surface area contributed by atoms with Crippen molar-refractivity contribution in [2.24, 2.45) is 5.73 Å². The molecule has 0 radical (unpaired) electrons. The Balaban J connectivity index is 1.62. The number of rotatable bonds is 7. The highest BCUT2D eigenvalue weighted by molar-refractivity contribution is 5.93. The number of likely N-dealkylation sites (tertiary alicyclic amines) is 1. The number of nitrogens with zero attached hydrogens (tertiary/aromatic N) is 1. The van der Waals surface area contributed by atoms with E-state index in [2.05, 4.69) is 28.3 Å². The summed E-state index contributed by atoms with van der Waals surface area (Å²) in [6.07, 6.45) is 9.88. The highest BCUT2D eigenvalue weighted by Gasteiger charge is 2.22. The summed E-state index contributed by atoms with van der Waals surface area (Å²) in [4.78, 5) is 17.1. The van der Waals surface area contributed by atoms with Gasteiger partial charge in [0, 0.05) is 22.8 Å². The lowest BCUT2D eigenvalue weighted by molar-refractivity contribution is 0.209. The van der Waals surface area contributed by atoms with E-state index in [-0.39, 0.29) is 0 Å². The van der Waals surface area contributed by atoms with Crippen LogP contribution in [0.1, 0.15) is 56.9 Å². The van der Waals surface area contributed by atoms with E-state index >= 15 is 0 Å². The van der Waals surface area contributed by atoms with Crippen molar-refractivity contribution in [2.75, 3.05) is 25.0 Å². The molecule has 1 aromatic heterocycles. The highest BCUT2D eigenvalue weighted by atomic mass is 16.2. The zero-order valence-corrected chi connectivity index (χ0v) is 15.2. The summed E-state index contributed by atoms with van der Waals surface area (Å²) in [6, 6.07) is 5.40. The molecule has 2 aromatic rings. The zero-order valence-electron chi connectivity index (χ0n) is 15.2. The number of nitrogens with one attached hydrogen (secondary N) is 2. The number of amides is 2. The van der Waals surface area contributed by atoms with Gasteiger partial charge >= 0.3 is 6.03 Å². The molecule has 5 heteroatoms. The van der Waals surface area contributed by atoms with Gasteiger partial charge in [0.2, 0.25) is 0 Å². The van der Waals surface area contributed by atoms with E-state index in [1.165, 1.54) is 69.1 Å². The van der Waals surface area contributed by atoms with Gasteiger partial charge in [0.05, 0.1) is 0 Å². The molecule has 0 spiro atoms. The number of fused-ring (bicyclic) bond motifs is 1. The Hall–Kier alpha value is -2.01. The van der Waals surface area contributed by atoms with Crippen molar-refractivity contribution in [1.29, 1.82) is 0 Å². The molecule has 1 aliphatic heterocycles. The maximum absolute atomic E-state index is 11.1. The van der Waals surface area contributed by atoms with E-state index in [1.807, 2.05) is 18.2 Å². The largest absolute Gasteiger partial charge is 0.361 e. The first-order chi connectivity index (χ1) is 12.2. The number of hydrogen-bond acceptors (Lipinski definition) is 2. The molecule has 3 rings (SSSR count). The van der Waals surface area contributed by atoms with Crippen LogP contribution in [0.5, 0.6) is 0 Å². The number of piperidine rings is 1. The molecule has 1 aliphatic rings. The van der Waals surface area contributed by atoms with Crippen LogP contribution in [0.25, 0.3) is 10.9 Å². The van der Waals surface area contributed by atoms with Gasteiger partial charge in [-0.15, -0.1) is 0 Å². The number of aromatic nitrogens is 1. The van der Waals surface area contributed by atoms with E-state index in [0.29, 0.717) is 5.92 Å². The van der Waals surface area contributed by atoms with Gasteiger partial charge in [0.25, 0.3) is 0 Å². The normalized spacial score (nSPS) is 16.4. The number of unbranched alkanes of at least 4 members (excludes halogenated alkanes) is 3. The minimum atomic E-state index is -0.521. The van der Waals surface area contributed by atoms with Gasteiger partial charge in [0.15, 0.2) is 0 Å². The number of hydrogen-bond donors (Lipinski definition) is 3. The van der Waals surface area contributed by atoms with E-state index in [1.54, 1.807) is 0 Å². The van der Waals surface area contributed by atoms with E-state index in [0.717, 1.165) is 11.2 Å². The Kier molecular flexibility index (Phi) is 5.97. The number of primary amides is 1. The van der Waals surface area contributed by atoms with Crippen LogP contribution < -0.4 is 11.1 Å². The third-order valence-corrected chi connectivity index (χ3v) is 5.34. The summed E-state index contributed by atoms with van der Waals surface area (Å²) >= 11 is 0. The second kappa shape index (κ2) is 8.39. The third-order valence-electron chi connectivity index (χ3n) is 5.34. The first-order valence-corrected chi connectivity index (χ1v) is 9.57. The zero-order chi connectivity index (χ0) is 17.6. The van der Waals surface area contributed by atoms with Crippen LogP contribution in [-0.2, 0) is 0 Å². The molecule has 0 bridgehead atoms. The second-order valence-corrected chi connectivity index (χ2v) is 7.17. The minimum Gasteiger partial charge on any atom is -0.361 e. The highest BCUT2D eigenvalue weighted by Crippen LogP contribution is 2.34. The fourth-order valence-electron chi connectivity index (χ4n) is 3.93. The average Bonchev–Trinajstić information content (AvgIpc) is 3.02. The first kappa shape index (κ1) is 17.8. The number of aromatic amines is 1. The van der Waals surface area contributed by atoms with Crippen LogP contribution in [0.15, 0.2) is 24.4 Å². The van der Waals surface area contributed by atoms with Crippen molar-refractivity contribution >= 4 is 22.6 Å². The second-order valence-electron chi connectivity index (χ2n) is 7.17. The monoisotopic (exact) mass is 342 g/mol. The van der Waals surface area contributed by atoms with Crippen LogP contribution in [0.2, 0.25) is 0 Å². The maximum Gasteiger partial charge on any atom is 0.316 e. The SMILES string of the molecule is CCCCCCN1CCC(c2c[nH]c3ccc(NC(N)=O)cc23)CC1. The number of anilines is 1. The van der Waals surface area contributed by atoms with Gasteiger partial charge in [-0.1, -0.05) is 26.2 Å². The quantitative estimate of drug-likeness (QED) is 0.652. The van der Waals surface area contributed by atoms with Gasteiger partial charge in [0.1, 0.15) is 0 Å². The lowest BCUT2D eigenvalue weighted by atomic mass is 9.89. The molecule has 2 heterocycles. The van der Waals surface area contributed by atoms with Crippen LogP contribution in [-0.4, -0.2) is 35.5 Å². The average molecular weight is 342 g/mol. The molecule has 1 aromatic carbocycles. The van der Waals surface area contributed by atoms with E-state index < -0.39 is 6.03 Å². The predicted molar refractivity (Wildman–Crippen MR) is 104 cm³/mol. The summed E-state index contributed by atoms with van der Waals surface area (Å²) in [5.74, 6) is 0.587. The molecule has 25 heavy (non-hydrogen) atoms. The lowest BCUT2D eigenvalue weighted by Crippen LogP contribution is -2.33. The van der Waals surface area contributed by atoms with E-state index in [9.17, 15) is 4.79 Å². The van der Waals surface area contributed by atoms with Gasteiger partial charge in [-0.05, 0) is 68.6 Å². The van der Waals surface area contributed by atoms with Gasteiger partial charge in [-0.25, -0.2) is 4.79 Å². The molecule has 4 N–H and O–H groups in total. The van der Waals surface area contributed by atoms with Crippen molar-refractivity contribution in [3.8, 4) is 0 Å². The summed E-state index contributed by atoms with van der Waals surface area (Å²) in [5.41, 5.74) is 8.48. The molecule has 0 atom stereocenters. The molecule has 0 unspecified atom stereocenters. The van der Waals surface area contributed by atoms with Gasteiger partial charge < -0.3 is 20.9 Å². The smallest absolute Gasteiger partial charge is 0.316 e. The molecule has 136 valence electrons. The lowest BCUT2D eigenvalue weighted by Gasteiger charge is -2.32. The van der Waals surface area contributed by atoms with Gasteiger partial charge in [-0.3, -0.25) is 0 Å². The van der Waals surface area contributed by atoms with Crippen molar-refractivity contribution in [3.05, 3.63) is 30.0 Å².